The Morgan fingerprint density at radius 1 is 1.11 bits per heavy atom. The first-order valence-corrected chi connectivity index (χ1v) is 6.30. The molecule has 0 aliphatic carbocycles. The fraction of sp³-hybridized carbons (Fsp3) is 1.00. The molecule has 4 atom stereocenters. The molecule has 2 nitrogen and oxygen atoms in total. The second-order valence-electron chi connectivity index (χ2n) is 2.14. The fourth-order valence-corrected chi connectivity index (χ4v) is 5.10. The second-order valence-corrected chi connectivity index (χ2v) is 5.47. The van der Waals surface area contributed by atoms with Crippen molar-refractivity contribution in [3.05, 3.63) is 0 Å². The Labute approximate surface area is 61.2 Å². The molecule has 0 saturated carbocycles. The summed E-state index contributed by atoms with van der Waals surface area (Å²) in [5.41, 5.74) is 0.588. The minimum Gasteiger partial charge on any atom is -0.330 e. The molecule has 1 aliphatic heterocycles. The van der Waals surface area contributed by atoms with Gasteiger partial charge in [0.15, 0.2) is 0 Å². The molecule has 0 spiro atoms. The third-order valence-electron chi connectivity index (χ3n) is 1.52. The Kier molecular flexibility index (Phi) is 3.39. The van der Waals surface area contributed by atoms with Gasteiger partial charge in [0.1, 0.15) is 0 Å². The lowest BCUT2D eigenvalue weighted by Crippen LogP contribution is -2.10. The molecule has 0 radical (unpaired) electrons. The van der Waals surface area contributed by atoms with E-state index in [9.17, 15) is 9.13 Å². The number of rotatable bonds is 2. The van der Waals surface area contributed by atoms with E-state index in [4.69, 9.17) is 0 Å². The van der Waals surface area contributed by atoms with Crippen molar-refractivity contribution in [2.24, 2.45) is 0 Å². The maximum absolute atomic E-state index is 10.4. The predicted molar refractivity (Wildman–Crippen MR) is 45.7 cm³/mol. The minimum absolute atomic E-state index is 0.294. The van der Waals surface area contributed by atoms with Crippen LogP contribution in [0.1, 0.15) is 0 Å². The van der Waals surface area contributed by atoms with E-state index in [1.165, 1.54) is 0 Å². The smallest absolute Gasteiger partial charge is 0.0690 e. The van der Waals surface area contributed by atoms with Crippen molar-refractivity contribution in [2.45, 2.75) is 11.3 Å². The first-order valence-electron chi connectivity index (χ1n) is 2.87. The summed E-state index contributed by atoms with van der Waals surface area (Å²) in [5, 5.41) is 0. The van der Waals surface area contributed by atoms with Gasteiger partial charge in [-0.1, -0.05) is 0 Å². The summed E-state index contributed by atoms with van der Waals surface area (Å²) in [6, 6.07) is 0. The largest absolute Gasteiger partial charge is 0.330 e. The molecule has 0 aromatic rings. The SMILES string of the molecule is O=[PH2]C1CSCC1[PH2]=O. The van der Waals surface area contributed by atoms with Crippen LogP contribution in [0.3, 0.4) is 0 Å². The average Bonchev–Trinajstić information content (AvgIpc) is 2.33. The Balaban J connectivity index is 2.50. The van der Waals surface area contributed by atoms with Gasteiger partial charge in [0.05, 0.1) is 16.9 Å². The minimum atomic E-state index is -0.685. The highest BCUT2D eigenvalue weighted by atomic mass is 32.2. The molecule has 1 aliphatic rings. The van der Waals surface area contributed by atoms with Gasteiger partial charge in [-0.25, -0.2) is 0 Å². The summed E-state index contributed by atoms with van der Waals surface area (Å²) < 4.78 is 20.9. The van der Waals surface area contributed by atoms with Gasteiger partial charge < -0.3 is 9.13 Å². The molecule has 0 aromatic heterocycles. The standard InChI is InChI=1S/C4H10O2P2S/c5-7-3-1-9-2-4(3)8-6/h3-4H,1-2,7-8H2. The van der Waals surface area contributed by atoms with Crippen molar-refractivity contribution >= 4 is 28.7 Å². The van der Waals surface area contributed by atoms with Crippen molar-refractivity contribution in [1.29, 1.82) is 0 Å². The van der Waals surface area contributed by atoms with Gasteiger partial charge >= 0.3 is 0 Å². The zero-order chi connectivity index (χ0) is 6.69. The number of hydrogen-bond donors (Lipinski definition) is 0. The topological polar surface area (TPSA) is 34.1 Å². The van der Waals surface area contributed by atoms with Gasteiger partial charge in [0.25, 0.3) is 0 Å². The van der Waals surface area contributed by atoms with Gasteiger partial charge in [0, 0.05) is 22.8 Å². The third kappa shape index (κ3) is 1.86. The van der Waals surface area contributed by atoms with E-state index in [-0.39, 0.29) is 0 Å². The normalized spacial score (nSPS) is 37.8. The van der Waals surface area contributed by atoms with Crippen molar-refractivity contribution in [1.82, 2.24) is 0 Å². The summed E-state index contributed by atoms with van der Waals surface area (Å²) >= 11 is 1.78. The molecule has 5 heteroatoms. The summed E-state index contributed by atoms with van der Waals surface area (Å²) in [6.45, 7) is 0. The molecule has 0 N–H and O–H groups in total. The van der Waals surface area contributed by atoms with E-state index in [2.05, 4.69) is 0 Å². The van der Waals surface area contributed by atoms with Crippen molar-refractivity contribution < 1.29 is 9.13 Å². The van der Waals surface area contributed by atoms with Gasteiger partial charge in [-0.3, -0.25) is 0 Å². The second kappa shape index (κ2) is 3.85. The zero-order valence-electron chi connectivity index (χ0n) is 4.95. The highest BCUT2D eigenvalue weighted by Crippen LogP contribution is 2.33. The van der Waals surface area contributed by atoms with Crippen LogP contribution in [0.15, 0.2) is 0 Å². The van der Waals surface area contributed by atoms with Gasteiger partial charge in [0.2, 0.25) is 0 Å². The molecule has 0 aromatic carbocycles. The zero-order valence-corrected chi connectivity index (χ0v) is 8.07. The third-order valence-corrected chi connectivity index (χ3v) is 6.05. The summed E-state index contributed by atoms with van der Waals surface area (Å²) in [6.07, 6.45) is 0. The Morgan fingerprint density at radius 3 is 1.89 bits per heavy atom. The van der Waals surface area contributed by atoms with Gasteiger partial charge in [-0.05, 0) is 0 Å². The number of hydrogen-bond acceptors (Lipinski definition) is 3. The van der Waals surface area contributed by atoms with Crippen LogP contribution in [0.25, 0.3) is 0 Å². The van der Waals surface area contributed by atoms with Crippen molar-refractivity contribution in [3.63, 3.8) is 0 Å². The van der Waals surface area contributed by atoms with Crippen LogP contribution in [0.4, 0.5) is 0 Å². The van der Waals surface area contributed by atoms with Crippen LogP contribution in [0.5, 0.6) is 0 Å². The van der Waals surface area contributed by atoms with Crippen LogP contribution < -0.4 is 0 Å². The molecule has 9 heavy (non-hydrogen) atoms. The summed E-state index contributed by atoms with van der Waals surface area (Å²) in [7, 11) is -1.37. The molecule has 1 saturated heterocycles. The average molecular weight is 184 g/mol. The molecule has 54 valence electrons. The van der Waals surface area contributed by atoms with Crippen molar-refractivity contribution in [2.75, 3.05) is 11.5 Å². The fourth-order valence-electron chi connectivity index (χ4n) is 0.868. The summed E-state index contributed by atoms with van der Waals surface area (Å²) in [4.78, 5) is 0. The predicted octanol–water partition coefficient (Wildman–Crippen LogP) is 0.983. The Bertz CT molecular complexity index is 116. The highest BCUT2D eigenvalue weighted by molar-refractivity contribution is 8.00. The molecular formula is C4H10O2P2S. The van der Waals surface area contributed by atoms with E-state index >= 15 is 0 Å². The van der Waals surface area contributed by atoms with Crippen LogP contribution >= 0.6 is 28.7 Å². The highest BCUT2D eigenvalue weighted by Gasteiger charge is 2.25. The lowest BCUT2D eigenvalue weighted by molar-refractivity contribution is 0.583. The van der Waals surface area contributed by atoms with E-state index in [0.717, 1.165) is 11.5 Å². The molecule has 0 amide bonds. The first-order chi connectivity index (χ1) is 4.38. The summed E-state index contributed by atoms with van der Waals surface area (Å²) in [5.74, 6) is 1.94. The van der Waals surface area contributed by atoms with Gasteiger partial charge in [-0.2, -0.15) is 11.8 Å². The van der Waals surface area contributed by atoms with Crippen LogP contribution in [0, 0.1) is 0 Å². The quantitative estimate of drug-likeness (QED) is 0.600. The van der Waals surface area contributed by atoms with E-state index < -0.39 is 16.9 Å². The lowest BCUT2D eigenvalue weighted by Gasteiger charge is -2.02. The van der Waals surface area contributed by atoms with E-state index in [0.29, 0.717) is 11.3 Å². The molecule has 4 unspecified atom stereocenters. The lowest BCUT2D eigenvalue weighted by atomic mass is 10.4. The van der Waals surface area contributed by atoms with Gasteiger partial charge in [-0.15, -0.1) is 0 Å². The molecule has 1 fully saturated rings. The van der Waals surface area contributed by atoms with E-state index in [1.807, 2.05) is 0 Å². The number of thioether (sulfide) groups is 1. The molecule has 0 bridgehead atoms. The maximum Gasteiger partial charge on any atom is 0.0690 e. The maximum atomic E-state index is 10.4. The molecular weight excluding hydrogens is 174 g/mol. The van der Waals surface area contributed by atoms with Crippen LogP contribution in [0.2, 0.25) is 0 Å². The van der Waals surface area contributed by atoms with Crippen molar-refractivity contribution in [3.8, 4) is 0 Å². The Morgan fingerprint density at radius 2 is 1.56 bits per heavy atom. The molecule has 1 heterocycles. The van der Waals surface area contributed by atoms with Crippen LogP contribution in [-0.2, 0) is 9.13 Å². The van der Waals surface area contributed by atoms with Crippen LogP contribution in [-0.4, -0.2) is 22.8 Å². The van der Waals surface area contributed by atoms with E-state index in [1.54, 1.807) is 11.8 Å². The monoisotopic (exact) mass is 184 g/mol. The molecule has 1 rings (SSSR count). The Hall–Kier alpha value is 0.810. The first kappa shape index (κ1) is 7.91.